The van der Waals surface area contributed by atoms with Gasteiger partial charge >= 0.3 is 6.18 Å². The Hall–Kier alpha value is -3.96. The molecule has 42 heavy (non-hydrogen) atoms. The molecule has 2 atom stereocenters. The number of aliphatic hydroxyl groups excluding tert-OH is 1. The zero-order valence-corrected chi connectivity index (χ0v) is 23.7. The molecule has 0 bridgehead atoms. The van der Waals surface area contributed by atoms with E-state index in [-0.39, 0.29) is 36.7 Å². The van der Waals surface area contributed by atoms with Crippen LogP contribution in [0.4, 0.5) is 13.2 Å². The Morgan fingerprint density at radius 1 is 0.952 bits per heavy atom. The summed E-state index contributed by atoms with van der Waals surface area (Å²) in [5.74, 6) is -1.03. The number of benzene rings is 2. The first-order valence-electron chi connectivity index (χ1n) is 13.9. The van der Waals surface area contributed by atoms with Gasteiger partial charge in [-0.3, -0.25) is 14.4 Å². The molecule has 1 heterocycles. The molecule has 3 aromatic rings. The fourth-order valence-corrected chi connectivity index (χ4v) is 4.59. The molecule has 11 heteroatoms. The number of aromatic nitrogens is 1. The fourth-order valence-electron chi connectivity index (χ4n) is 4.59. The molecule has 0 saturated heterocycles. The summed E-state index contributed by atoms with van der Waals surface area (Å²) in [6, 6.07) is 15.7. The first-order chi connectivity index (χ1) is 20.0. The Bertz CT molecular complexity index is 1370. The molecule has 0 aliphatic heterocycles. The number of hydrogen-bond acceptors (Lipinski definition) is 5. The van der Waals surface area contributed by atoms with Crippen LogP contribution >= 0.6 is 0 Å². The molecule has 3 rings (SSSR count). The number of alkyl halides is 3. The molecule has 0 spiro atoms. The monoisotopic (exact) mass is 586 g/mol. The van der Waals surface area contributed by atoms with E-state index < -0.39 is 35.4 Å². The van der Waals surface area contributed by atoms with Crippen LogP contribution in [0, 0.1) is 0 Å². The van der Waals surface area contributed by atoms with Crippen LogP contribution in [0.15, 0.2) is 71.5 Å². The number of nitrogens with one attached hydrogen (secondary N) is 3. The van der Waals surface area contributed by atoms with E-state index in [0.717, 1.165) is 36.6 Å². The lowest BCUT2D eigenvalue weighted by Crippen LogP contribution is -2.49. The minimum Gasteiger partial charge on any atom is -0.390 e. The van der Waals surface area contributed by atoms with Crippen LogP contribution < -0.4 is 16.2 Å². The highest BCUT2D eigenvalue weighted by Gasteiger charge is 2.30. The van der Waals surface area contributed by atoms with E-state index in [4.69, 9.17) is 0 Å². The maximum absolute atomic E-state index is 13.3. The van der Waals surface area contributed by atoms with Gasteiger partial charge < -0.3 is 25.6 Å². The third kappa shape index (κ3) is 9.56. The maximum Gasteiger partial charge on any atom is 0.416 e. The van der Waals surface area contributed by atoms with Crippen LogP contribution in [0.25, 0.3) is 0 Å². The fraction of sp³-hybridized carbons (Fsp3) is 0.387. The molecule has 1 aromatic heterocycles. The molecule has 0 fully saturated rings. The summed E-state index contributed by atoms with van der Waals surface area (Å²) in [5.41, 5.74) is -0.192. The van der Waals surface area contributed by atoms with Gasteiger partial charge in [-0.1, -0.05) is 62.4 Å². The average Bonchev–Trinajstić information content (AvgIpc) is 2.96. The summed E-state index contributed by atoms with van der Waals surface area (Å²) < 4.78 is 39.2. The Balaban J connectivity index is 1.76. The van der Waals surface area contributed by atoms with Crippen LogP contribution in [0.3, 0.4) is 0 Å². The van der Waals surface area contributed by atoms with Gasteiger partial charge in [0.15, 0.2) is 0 Å². The number of halogens is 3. The molecule has 2 aromatic carbocycles. The highest BCUT2D eigenvalue weighted by Crippen LogP contribution is 2.29. The Labute approximate surface area is 243 Å². The van der Waals surface area contributed by atoms with Gasteiger partial charge in [0.05, 0.1) is 17.7 Å². The average molecular weight is 587 g/mol. The van der Waals surface area contributed by atoms with E-state index in [0.29, 0.717) is 18.7 Å². The molecule has 226 valence electrons. The number of pyridine rings is 1. The second kappa shape index (κ2) is 15.3. The summed E-state index contributed by atoms with van der Waals surface area (Å²) in [6.45, 7) is 4.95. The smallest absolute Gasteiger partial charge is 0.390 e. The van der Waals surface area contributed by atoms with Crippen molar-refractivity contribution in [3.05, 3.63) is 105 Å². The lowest BCUT2D eigenvalue weighted by Gasteiger charge is -2.25. The summed E-state index contributed by atoms with van der Waals surface area (Å²) in [4.78, 5) is 42.8. The van der Waals surface area contributed by atoms with E-state index in [1.807, 2.05) is 44.2 Å². The Morgan fingerprint density at radius 2 is 1.62 bits per heavy atom. The molecule has 8 nitrogen and oxygen atoms in total. The number of aliphatic hydroxyl groups is 1. The van der Waals surface area contributed by atoms with Gasteiger partial charge in [-0.2, -0.15) is 13.2 Å². The van der Waals surface area contributed by atoms with Gasteiger partial charge in [0.2, 0.25) is 5.56 Å². The summed E-state index contributed by atoms with van der Waals surface area (Å²) in [6.07, 6.45) is -3.89. The predicted molar refractivity (Wildman–Crippen MR) is 154 cm³/mol. The van der Waals surface area contributed by atoms with Crippen LogP contribution in [-0.2, 0) is 19.1 Å². The zero-order valence-electron chi connectivity index (χ0n) is 23.7. The van der Waals surface area contributed by atoms with Crippen LogP contribution in [-0.4, -0.2) is 58.6 Å². The summed E-state index contributed by atoms with van der Waals surface area (Å²) in [5, 5.41) is 16.7. The van der Waals surface area contributed by atoms with Gasteiger partial charge in [0, 0.05) is 37.8 Å². The lowest BCUT2D eigenvalue weighted by molar-refractivity contribution is -0.137. The minimum absolute atomic E-state index is 0.0356. The molecule has 4 N–H and O–H groups in total. The zero-order chi connectivity index (χ0) is 30.7. The molecule has 0 saturated carbocycles. The van der Waals surface area contributed by atoms with Crippen molar-refractivity contribution in [3.63, 3.8) is 0 Å². The van der Waals surface area contributed by atoms with E-state index in [9.17, 15) is 32.7 Å². The molecule has 0 aliphatic carbocycles. The molecule has 0 radical (unpaired) electrons. The lowest BCUT2D eigenvalue weighted by atomic mass is 10.0. The highest BCUT2D eigenvalue weighted by atomic mass is 19.4. The topological polar surface area (TPSA) is 115 Å². The van der Waals surface area contributed by atoms with Crippen molar-refractivity contribution >= 4 is 11.8 Å². The van der Waals surface area contributed by atoms with Crippen molar-refractivity contribution in [2.45, 2.75) is 58.0 Å². The third-order valence-electron chi connectivity index (χ3n) is 6.63. The summed E-state index contributed by atoms with van der Waals surface area (Å²) in [7, 11) is 0. The van der Waals surface area contributed by atoms with Crippen LogP contribution in [0.1, 0.15) is 64.2 Å². The number of carbonyl (C=O) groups excluding carboxylic acids is 2. The van der Waals surface area contributed by atoms with Gasteiger partial charge in [0.1, 0.15) is 5.69 Å². The predicted octanol–water partition coefficient (Wildman–Crippen LogP) is 4.15. The van der Waals surface area contributed by atoms with E-state index in [1.165, 1.54) is 12.1 Å². The standard InChI is InChI=1S/C31H37F3N4O4/c1-3-13-38(14-4-2)30(42)23-17-26(36-28(40)18-23)29(41)37-25(16-21-9-6-5-7-10-21)27(39)20-35-19-22-11-8-12-24(15-22)31(32,33)34/h5-12,15,17-18,25,27,35,39H,3-4,13-14,16,19-20H2,1-2H3,(H,36,40)(H,37,41)/t25-,27+/m0/s1. The molecule has 0 unspecified atom stereocenters. The number of carbonyl (C=O) groups is 2. The normalized spacial score (nSPS) is 12.9. The van der Waals surface area contributed by atoms with Crippen molar-refractivity contribution in [2.75, 3.05) is 19.6 Å². The second-order valence-electron chi connectivity index (χ2n) is 10.1. The number of nitrogens with zero attached hydrogens (tertiary/aromatic N) is 1. The first-order valence-corrected chi connectivity index (χ1v) is 13.9. The SMILES string of the molecule is CCCN(CCC)C(=O)c1cc(C(=O)N[C@@H](Cc2ccccc2)[C@H](O)CNCc2cccc(C(F)(F)F)c2)[nH]c(=O)c1. The molecular weight excluding hydrogens is 549 g/mol. The third-order valence-corrected chi connectivity index (χ3v) is 6.63. The van der Waals surface area contributed by atoms with Crippen LogP contribution in [0.2, 0.25) is 0 Å². The van der Waals surface area contributed by atoms with Crippen molar-refractivity contribution in [3.8, 4) is 0 Å². The van der Waals surface area contributed by atoms with E-state index >= 15 is 0 Å². The maximum atomic E-state index is 13.3. The number of aromatic amines is 1. The van der Waals surface area contributed by atoms with E-state index in [1.54, 1.807) is 11.0 Å². The van der Waals surface area contributed by atoms with Crippen molar-refractivity contribution < 1.29 is 27.9 Å². The van der Waals surface area contributed by atoms with Crippen LogP contribution in [0.5, 0.6) is 0 Å². The molecular formula is C31H37F3N4O4. The molecule has 0 aliphatic rings. The molecule has 2 amide bonds. The second-order valence-corrected chi connectivity index (χ2v) is 10.1. The van der Waals surface area contributed by atoms with Crippen molar-refractivity contribution in [2.24, 2.45) is 0 Å². The van der Waals surface area contributed by atoms with E-state index in [2.05, 4.69) is 15.6 Å². The minimum atomic E-state index is -4.46. The number of rotatable bonds is 14. The van der Waals surface area contributed by atoms with Gasteiger partial charge in [-0.05, 0) is 42.5 Å². The Morgan fingerprint density at radius 3 is 2.26 bits per heavy atom. The number of hydrogen-bond donors (Lipinski definition) is 4. The quantitative estimate of drug-likeness (QED) is 0.227. The first kappa shape index (κ1) is 32.6. The van der Waals surface area contributed by atoms with Gasteiger partial charge in [0.25, 0.3) is 11.8 Å². The van der Waals surface area contributed by atoms with Crippen molar-refractivity contribution in [1.82, 2.24) is 20.5 Å². The van der Waals surface area contributed by atoms with Gasteiger partial charge in [-0.15, -0.1) is 0 Å². The Kier molecular flexibility index (Phi) is 11.9. The number of H-pyrrole nitrogens is 1. The largest absolute Gasteiger partial charge is 0.416 e. The van der Waals surface area contributed by atoms with Crippen molar-refractivity contribution in [1.29, 1.82) is 0 Å². The summed E-state index contributed by atoms with van der Waals surface area (Å²) >= 11 is 0. The highest BCUT2D eigenvalue weighted by molar-refractivity contribution is 5.98. The van der Waals surface area contributed by atoms with Gasteiger partial charge in [-0.25, -0.2) is 0 Å². The number of amides is 2.